The number of allylic oxidation sites excluding steroid dienone is 1. The molecule has 106 valence electrons. The first-order valence-corrected chi connectivity index (χ1v) is 6.29. The van der Waals surface area contributed by atoms with Crippen molar-refractivity contribution < 1.29 is 18.7 Å². The molecule has 0 heterocycles. The number of Topliss-reactive ketones (excluding diaryl/α,β-unsaturated/α-hetero) is 1. The number of methoxy groups -OCH3 is 2. The Morgan fingerprint density at radius 1 is 1.25 bits per heavy atom. The first-order chi connectivity index (χ1) is 9.51. The van der Waals surface area contributed by atoms with Gasteiger partial charge in [0.05, 0.1) is 18.6 Å². The van der Waals surface area contributed by atoms with Gasteiger partial charge in [0, 0.05) is 12.7 Å². The van der Waals surface area contributed by atoms with Crippen LogP contribution in [0.4, 0.5) is 4.39 Å². The van der Waals surface area contributed by atoms with Crippen LogP contribution in [0.1, 0.15) is 17.3 Å². The monoisotopic (exact) mass is 276 g/mol. The maximum absolute atomic E-state index is 13.0. The third-order valence-corrected chi connectivity index (χ3v) is 3.59. The van der Waals surface area contributed by atoms with Crippen LogP contribution < -0.4 is 0 Å². The molecule has 20 heavy (non-hydrogen) atoms. The lowest BCUT2D eigenvalue weighted by Gasteiger charge is -2.33. The third-order valence-electron chi connectivity index (χ3n) is 3.59. The molecule has 0 N–H and O–H groups in total. The summed E-state index contributed by atoms with van der Waals surface area (Å²) in [5.74, 6) is 0.170. The van der Waals surface area contributed by atoms with E-state index in [1.807, 2.05) is 0 Å². The number of halogens is 1. The quantitative estimate of drug-likeness (QED) is 0.793. The molecule has 0 bridgehead atoms. The predicted octanol–water partition coefficient (Wildman–Crippen LogP) is 3.13. The molecule has 2 unspecified atom stereocenters. The molecule has 1 aliphatic carbocycles. The van der Waals surface area contributed by atoms with Crippen molar-refractivity contribution >= 4 is 5.78 Å². The van der Waals surface area contributed by atoms with Crippen molar-refractivity contribution in [2.75, 3.05) is 14.2 Å². The zero-order valence-corrected chi connectivity index (χ0v) is 11.7. The average molecular weight is 276 g/mol. The molecule has 0 radical (unpaired) electrons. The van der Waals surface area contributed by atoms with Gasteiger partial charge < -0.3 is 9.47 Å². The predicted molar refractivity (Wildman–Crippen MR) is 73.9 cm³/mol. The number of ether oxygens (including phenoxy) is 2. The number of ketones is 1. The van der Waals surface area contributed by atoms with E-state index in [1.165, 1.54) is 24.3 Å². The molecule has 2 rings (SSSR count). The molecule has 1 aromatic rings. The van der Waals surface area contributed by atoms with Gasteiger partial charge in [0.2, 0.25) is 0 Å². The highest BCUT2D eigenvalue weighted by Gasteiger charge is 2.41. The second kappa shape index (κ2) is 5.59. The van der Waals surface area contributed by atoms with E-state index in [1.54, 1.807) is 39.4 Å². The highest BCUT2D eigenvalue weighted by atomic mass is 19.1. The topological polar surface area (TPSA) is 35.5 Å². The van der Waals surface area contributed by atoms with Crippen molar-refractivity contribution in [3.63, 3.8) is 0 Å². The summed E-state index contributed by atoms with van der Waals surface area (Å²) in [4.78, 5) is 12.7. The lowest BCUT2D eigenvalue weighted by Crippen LogP contribution is -2.40. The minimum Gasteiger partial charge on any atom is -0.497 e. The Morgan fingerprint density at radius 2 is 1.90 bits per heavy atom. The minimum atomic E-state index is -0.839. The molecule has 0 amide bonds. The van der Waals surface area contributed by atoms with Crippen molar-refractivity contribution in [3.8, 4) is 0 Å². The number of carbonyl (C=O) groups excluding carboxylic acids is 1. The maximum atomic E-state index is 13.0. The molecule has 1 aromatic carbocycles. The van der Waals surface area contributed by atoms with Gasteiger partial charge in [0.15, 0.2) is 5.78 Å². The molecule has 1 aliphatic rings. The summed E-state index contributed by atoms with van der Waals surface area (Å²) in [5, 5.41) is 0. The Balaban J connectivity index is 2.35. The second-order valence-corrected chi connectivity index (χ2v) is 4.88. The van der Waals surface area contributed by atoms with Crippen LogP contribution in [0.15, 0.2) is 48.3 Å². The first-order valence-electron chi connectivity index (χ1n) is 6.29. The van der Waals surface area contributed by atoms with E-state index in [9.17, 15) is 9.18 Å². The van der Waals surface area contributed by atoms with Crippen molar-refractivity contribution in [3.05, 3.63) is 59.6 Å². The Morgan fingerprint density at radius 3 is 2.45 bits per heavy atom. The van der Waals surface area contributed by atoms with Crippen LogP contribution in [0.25, 0.3) is 0 Å². The first kappa shape index (κ1) is 14.5. The van der Waals surface area contributed by atoms with Crippen LogP contribution in [0.3, 0.4) is 0 Å². The van der Waals surface area contributed by atoms with E-state index >= 15 is 0 Å². The second-order valence-electron chi connectivity index (χ2n) is 4.88. The van der Waals surface area contributed by atoms with E-state index in [0.717, 1.165) is 0 Å². The normalized spacial score (nSPS) is 25.2. The van der Waals surface area contributed by atoms with E-state index in [-0.39, 0.29) is 11.6 Å². The molecule has 2 atom stereocenters. The largest absolute Gasteiger partial charge is 0.497 e. The fraction of sp³-hybridized carbons (Fsp3) is 0.312. The standard InChI is InChI=1S/C16H17FO3/c1-16(9-8-13(19-2)10-14(16)20-3)15(18)11-4-6-12(17)7-5-11/h4-10,14H,1-3H3. The SMILES string of the molecule is COC1=CC(OC)C(C)(C(=O)c2ccc(F)cc2)C=C1. The van der Waals surface area contributed by atoms with Gasteiger partial charge in [-0.3, -0.25) is 4.79 Å². The van der Waals surface area contributed by atoms with E-state index < -0.39 is 11.5 Å². The van der Waals surface area contributed by atoms with Crippen LogP contribution in [0.2, 0.25) is 0 Å². The van der Waals surface area contributed by atoms with Crippen LogP contribution in [-0.4, -0.2) is 26.1 Å². The van der Waals surface area contributed by atoms with E-state index in [2.05, 4.69) is 0 Å². The van der Waals surface area contributed by atoms with Gasteiger partial charge in [-0.2, -0.15) is 0 Å². The number of rotatable bonds is 4. The zero-order chi connectivity index (χ0) is 14.8. The summed E-state index contributed by atoms with van der Waals surface area (Å²) >= 11 is 0. The molecule has 0 spiro atoms. The maximum Gasteiger partial charge on any atom is 0.175 e. The summed E-state index contributed by atoms with van der Waals surface area (Å²) < 4.78 is 23.5. The molecular weight excluding hydrogens is 259 g/mol. The number of carbonyl (C=O) groups is 1. The average Bonchev–Trinajstić information content (AvgIpc) is 2.47. The fourth-order valence-electron chi connectivity index (χ4n) is 2.29. The smallest absolute Gasteiger partial charge is 0.175 e. The summed E-state index contributed by atoms with van der Waals surface area (Å²) in [6.07, 6.45) is 4.85. The summed E-state index contributed by atoms with van der Waals surface area (Å²) in [7, 11) is 3.11. The van der Waals surface area contributed by atoms with Crippen LogP contribution in [0.5, 0.6) is 0 Å². The molecular formula is C16H17FO3. The number of hydrogen-bond acceptors (Lipinski definition) is 3. The fourth-order valence-corrected chi connectivity index (χ4v) is 2.29. The molecule has 0 saturated heterocycles. The Kier molecular flexibility index (Phi) is 4.04. The van der Waals surface area contributed by atoms with Crippen molar-refractivity contribution in [2.24, 2.45) is 5.41 Å². The zero-order valence-electron chi connectivity index (χ0n) is 11.7. The molecule has 3 nitrogen and oxygen atoms in total. The van der Waals surface area contributed by atoms with Gasteiger partial charge >= 0.3 is 0 Å². The summed E-state index contributed by atoms with van der Waals surface area (Å²) in [6.45, 7) is 1.80. The van der Waals surface area contributed by atoms with Crippen molar-refractivity contribution in [2.45, 2.75) is 13.0 Å². The van der Waals surface area contributed by atoms with Gasteiger partial charge in [-0.1, -0.05) is 6.08 Å². The number of benzene rings is 1. The Bertz CT molecular complexity index is 560. The van der Waals surface area contributed by atoms with Crippen LogP contribution in [0, 0.1) is 11.2 Å². The lowest BCUT2D eigenvalue weighted by atomic mass is 9.74. The van der Waals surface area contributed by atoms with Crippen LogP contribution >= 0.6 is 0 Å². The molecule has 0 aliphatic heterocycles. The summed E-state index contributed by atoms with van der Waals surface area (Å²) in [6, 6.07) is 5.53. The van der Waals surface area contributed by atoms with E-state index in [0.29, 0.717) is 11.3 Å². The highest BCUT2D eigenvalue weighted by molar-refractivity contribution is 6.02. The molecule has 4 heteroatoms. The molecule has 0 saturated carbocycles. The van der Waals surface area contributed by atoms with Crippen molar-refractivity contribution in [1.29, 1.82) is 0 Å². The summed E-state index contributed by atoms with van der Waals surface area (Å²) in [5.41, 5.74) is -0.385. The van der Waals surface area contributed by atoms with Crippen molar-refractivity contribution in [1.82, 2.24) is 0 Å². The van der Waals surface area contributed by atoms with Gasteiger partial charge in [0.25, 0.3) is 0 Å². The molecule has 0 aromatic heterocycles. The van der Waals surface area contributed by atoms with E-state index in [4.69, 9.17) is 9.47 Å². The highest BCUT2D eigenvalue weighted by Crippen LogP contribution is 2.35. The Labute approximate surface area is 117 Å². The van der Waals surface area contributed by atoms with Gasteiger partial charge in [0.1, 0.15) is 11.6 Å². The third kappa shape index (κ3) is 2.51. The van der Waals surface area contributed by atoms with Gasteiger partial charge in [-0.15, -0.1) is 0 Å². The van der Waals surface area contributed by atoms with Gasteiger partial charge in [-0.25, -0.2) is 4.39 Å². The Hall–Kier alpha value is -1.94. The molecule has 0 fully saturated rings. The lowest BCUT2D eigenvalue weighted by molar-refractivity contribution is 0.0428. The van der Waals surface area contributed by atoms with Gasteiger partial charge in [-0.05, 0) is 43.3 Å². The minimum absolute atomic E-state index is 0.119. The van der Waals surface area contributed by atoms with Crippen LogP contribution in [-0.2, 0) is 9.47 Å². The number of hydrogen-bond donors (Lipinski definition) is 0.